The smallest absolute Gasteiger partial charge is 0.382 e. The maximum absolute atomic E-state index is 13.4. The van der Waals surface area contributed by atoms with Gasteiger partial charge in [-0.05, 0) is 36.4 Å². The zero-order chi connectivity index (χ0) is 27.0. The minimum atomic E-state index is -4.99. The van der Waals surface area contributed by atoms with Crippen molar-refractivity contribution < 1.29 is 31.4 Å². The first-order valence-electron chi connectivity index (χ1n) is 10.5. The summed E-state index contributed by atoms with van der Waals surface area (Å²) in [5.74, 6) is -0.179. The fourth-order valence-corrected chi connectivity index (χ4v) is 3.66. The molecule has 0 saturated carbocycles. The van der Waals surface area contributed by atoms with Crippen molar-refractivity contribution >= 4 is 11.6 Å². The molecule has 2 aromatic heterocycles. The number of alkyl halides is 6. The fraction of sp³-hybridized carbons (Fsp3) is 0.217. The third kappa shape index (κ3) is 5.83. The number of nitrogens with zero attached hydrogens (tertiary/aromatic N) is 5. The fourth-order valence-electron chi connectivity index (χ4n) is 3.54. The van der Waals surface area contributed by atoms with Gasteiger partial charge in [0, 0.05) is 16.1 Å². The van der Waals surface area contributed by atoms with Gasteiger partial charge < -0.3 is 5.11 Å². The molecule has 37 heavy (non-hydrogen) atoms. The Hall–Kier alpha value is -3.71. The van der Waals surface area contributed by atoms with Crippen LogP contribution in [0.3, 0.4) is 0 Å². The van der Waals surface area contributed by atoms with Crippen molar-refractivity contribution in [1.82, 2.24) is 24.3 Å². The Labute approximate surface area is 209 Å². The van der Waals surface area contributed by atoms with E-state index in [0.29, 0.717) is 9.59 Å². The van der Waals surface area contributed by atoms with E-state index in [9.17, 15) is 36.2 Å². The van der Waals surface area contributed by atoms with Crippen LogP contribution in [0.2, 0.25) is 5.02 Å². The summed E-state index contributed by atoms with van der Waals surface area (Å²) in [6.07, 6.45) is -11.5. The summed E-state index contributed by atoms with van der Waals surface area (Å²) in [6, 6.07) is 11.7. The van der Waals surface area contributed by atoms with Crippen molar-refractivity contribution in [2.24, 2.45) is 0 Å². The molecule has 4 aromatic rings. The maximum Gasteiger partial charge on any atom is 0.417 e. The van der Waals surface area contributed by atoms with Gasteiger partial charge in [0.15, 0.2) is 11.9 Å². The third-order valence-electron chi connectivity index (χ3n) is 5.30. The van der Waals surface area contributed by atoms with Crippen LogP contribution in [-0.2, 0) is 19.3 Å². The Balaban J connectivity index is 1.75. The number of hydrogen-bond acceptors (Lipinski definition) is 5. The lowest BCUT2D eigenvalue weighted by molar-refractivity contribution is -0.207. The summed E-state index contributed by atoms with van der Waals surface area (Å²) in [7, 11) is 0. The molecule has 0 saturated heterocycles. The predicted molar refractivity (Wildman–Crippen MR) is 121 cm³/mol. The first kappa shape index (κ1) is 26.4. The van der Waals surface area contributed by atoms with Crippen LogP contribution in [0.5, 0.6) is 0 Å². The summed E-state index contributed by atoms with van der Waals surface area (Å²) in [5, 5.41) is 14.0. The summed E-state index contributed by atoms with van der Waals surface area (Å²) < 4.78 is 80.9. The average Bonchev–Trinajstić information content (AvgIpc) is 3.13. The summed E-state index contributed by atoms with van der Waals surface area (Å²) in [4.78, 5) is 20.9. The van der Waals surface area contributed by atoms with E-state index in [1.54, 1.807) is 0 Å². The van der Waals surface area contributed by atoms with Crippen molar-refractivity contribution in [1.29, 1.82) is 0 Å². The Morgan fingerprint density at radius 2 is 1.65 bits per heavy atom. The lowest BCUT2D eigenvalue weighted by atomic mass is 10.0. The van der Waals surface area contributed by atoms with Gasteiger partial charge in [0.2, 0.25) is 0 Å². The van der Waals surface area contributed by atoms with Crippen LogP contribution in [0, 0.1) is 0 Å². The van der Waals surface area contributed by atoms with Crippen LogP contribution in [0.15, 0.2) is 65.7 Å². The number of hydrogen-bond donors (Lipinski definition) is 1. The number of aromatic nitrogens is 5. The van der Waals surface area contributed by atoms with E-state index in [2.05, 4.69) is 15.1 Å². The standard InChI is InChI=1S/C23H16ClF6N5O2/c24-14-7-5-13(6-8-14)20-33-35(21(37)34(20)11-19(36)23(28,29)30)10-15-9-18(32-12-31-15)16-3-1-2-4-17(16)22(25,26)27/h1-9,12,19,36H,10-11H2. The molecule has 0 fully saturated rings. The minimum absolute atomic E-state index is 0.0733. The highest BCUT2D eigenvalue weighted by molar-refractivity contribution is 6.30. The van der Waals surface area contributed by atoms with E-state index in [4.69, 9.17) is 11.6 Å². The van der Waals surface area contributed by atoms with Gasteiger partial charge in [-0.25, -0.2) is 19.4 Å². The lowest BCUT2D eigenvalue weighted by Gasteiger charge is -2.15. The number of aliphatic hydroxyl groups excluding tert-OH is 1. The van der Waals surface area contributed by atoms with Crippen LogP contribution in [0.4, 0.5) is 26.3 Å². The molecule has 2 heterocycles. The number of benzene rings is 2. The molecule has 1 atom stereocenters. The van der Waals surface area contributed by atoms with E-state index < -0.39 is 42.8 Å². The highest BCUT2D eigenvalue weighted by Gasteiger charge is 2.39. The molecule has 14 heteroatoms. The minimum Gasteiger partial charge on any atom is -0.382 e. The molecular formula is C23H16ClF6N5O2. The summed E-state index contributed by atoms with van der Waals surface area (Å²) in [6.45, 7) is -1.52. The van der Waals surface area contributed by atoms with Gasteiger partial charge >= 0.3 is 18.0 Å². The van der Waals surface area contributed by atoms with Gasteiger partial charge in [-0.15, -0.1) is 5.10 Å². The molecule has 0 aliphatic heterocycles. The zero-order valence-electron chi connectivity index (χ0n) is 18.5. The summed E-state index contributed by atoms with van der Waals surface area (Å²) in [5.41, 5.74) is -1.89. The molecule has 1 unspecified atom stereocenters. The maximum atomic E-state index is 13.4. The number of halogens is 7. The second-order valence-corrected chi connectivity index (χ2v) is 8.31. The highest BCUT2D eigenvalue weighted by atomic mass is 35.5. The molecular weight excluding hydrogens is 528 g/mol. The highest BCUT2D eigenvalue weighted by Crippen LogP contribution is 2.36. The van der Waals surface area contributed by atoms with Gasteiger partial charge in [0.05, 0.1) is 30.0 Å². The van der Waals surface area contributed by atoms with Gasteiger partial charge in [-0.1, -0.05) is 29.8 Å². The Kier molecular flexibility index (Phi) is 7.11. The second kappa shape index (κ2) is 9.98. The molecule has 0 amide bonds. The van der Waals surface area contributed by atoms with Crippen LogP contribution >= 0.6 is 11.6 Å². The molecule has 4 rings (SSSR count). The van der Waals surface area contributed by atoms with E-state index in [1.165, 1.54) is 48.5 Å². The first-order valence-corrected chi connectivity index (χ1v) is 10.9. The van der Waals surface area contributed by atoms with Gasteiger partial charge in [0.25, 0.3) is 0 Å². The topological polar surface area (TPSA) is 85.8 Å². The molecule has 0 bridgehead atoms. The van der Waals surface area contributed by atoms with Crippen molar-refractivity contribution in [3.05, 3.63) is 87.7 Å². The molecule has 0 spiro atoms. The molecule has 7 nitrogen and oxygen atoms in total. The first-order chi connectivity index (χ1) is 17.3. The van der Waals surface area contributed by atoms with Gasteiger partial charge in [-0.3, -0.25) is 4.57 Å². The van der Waals surface area contributed by atoms with Crippen molar-refractivity contribution in [3.8, 4) is 22.6 Å². The quantitative estimate of drug-likeness (QED) is 0.353. The van der Waals surface area contributed by atoms with Crippen molar-refractivity contribution in [2.75, 3.05) is 0 Å². The molecule has 0 aliphatic carbocycles. The molecule has 2 aromatic carbocycles. The Morgan fingerprint density at radius 3 is 2.30 bits per heavy atom. The average molecular weight is 544 g/mol. The zero-order valence-corrected chi connectivity index (χ0v) is 19.3. The second-order valence-electron chi connectivity index (χ2n) is 7.88. The van der Waals surface area contributed by atoms with Crippen LogP contribution < -0.4 is 5.69 Å². The van der Waals surface area contributed by atoms with Crippen LogP contribution in [0.25, 0.3) is 22.6 Å². The number of aliphatic hydroxyl groups is 1. The molecule has 0 radical (unpaired) electrons. The summed E-state index contributed by atoms with van der Waals surface area (Å²) >= 11 is 5.86. The van der Waals surface area contributed by atoms with Gasteiger partial charge in [0.1, 0.15) is 6.33 Å². The SMILES string of the molecule is O=c1n(Cc2cc(-c3ccccc3C(F)(F)F)ncn2)nc(-c2ccc(Cl)cc2)n1CC(O)C(F)(F)F. The van der Waals surface area contributed by atoms with Gasteiger partial charge in [-0.2, -0.15) is 26.3 Å². The van der Waals surface area contributed by atoms with E-state index in [0.717, 1.165) is 17.1 Å². The molecule has 0 aliphatic rings. The normalized spacial score (nSPS) is 13.1. The van der Waals surface area contributed by atoms with E-state index in [-0.39, 0.29) is 28.3 Å². The largest absolute Gasteiger partial charge is 0.417 e. The number of rotatable bonds is 6. The molecule has 1 N–H and O–H groups in total. The van der Waals surface area contributed by atoms with Crippen molar-refractivity contribution in [2.45, 2.75) is 31.5 Å². The lowest BCUT2D eigenvalue weighted by Crippen LogP contribution is -2.37. The Morgan fingerprint density at radius 1 is 0.973 bits per heavy atom. The van der Waals surface area contributed by atoms with E-state index in [1.807, 2.05) is 0 Å². The monoisotopic (exact) mass is 543 g/mol. The third-order valence-corrected chi connectivity index (χ3v) is 5.55. The predicted octanol–water partition coefficient (Wildman–Crippen LogP) is 4.81. The van der Waals surface area contributed by atoms with Crippen molar-refractivity contribution in [3.63, 3.8) is 0 Å². The van der Waals surface area contributed by atoms with E-state index >= 15 is 0 Å². The Bertz CT molecular complexity index is 1460. The van der Waals surface area contributed by atoms with Crippen LogP contribution in [-0.4, -0.2) is 41.7 Å². The van der Waals surface area contributed by atoms with Crippen LogP contribution in [0.1, 0.15) is 11.3 Å². The molecule has 194 valence electrons.